The zero-order valence-corrected chi connectivity index (χ0v) is 24.8. The van der Waals surface area contributed by atoms with Crippen LogP contribution in [0.15, 0.2) is 0 Å². The van der Waals surface area contributed by atoms with Crippen molar-refractivity contribution >= 4 is 11.8 Å². The Morgan fingerprint density at radius 1 is 0.541 bits per heavy atom. The molecule has 2 atom stereocenters. The number of nitrogens with zero attached hydrogens (tertiary/aromatic N) is 2. The highest BCUT2D eigenvalue weighted by molar-refractivity contribution is 5.77. The summed E-state index contributed by atoms with van der Waals surface area (Å²) < 4.78 is 18.5. The van der Waals surface area contributed by atoms with Crippen LogP contribution in [0.1, 0.15) is 118 Å². The smallest absolute Gasteiger partial charge is 0.248 e. The van der Waals surface area contributed by atoms with Crippen LogP contribution >= 0.6 is 0 Å². The lowest BCUT2D eigenvalue weighted by atomic mass is 9.92. The summed E-state index contributed by atoms with van der Waals surface area (Å²) in [5.41, 5.74) is 0. The molecule has 1 fully saturated rings. The van der Waals surface area contributed by atoms with Crippen molar-refractivity contribution in [2.45, 2.75) is 136 Å². The summed E-state index contributed by atoms with van der Waals surface area (Å²) in [5.74, 6) is 0.150. The first-order valence-electron chi connectivity index (χ1n) is 15.4. The van der Waals surface area contributed by atoms with E-state index in [1.807, 2.05) is 9.80 Å². The van der Waals surface area contributed by atoms with Crippen LogP contribution in [-0.2, 0) is 23.8 Å². The van der Waals surface area contributed by atoms with E-state index in [4.69, 9.17) is 14.2 Å². The van der Waals surface area contributed by atoms with Crippen molar-refractivity contribution in [1.82, 2.24) is 9.80 Å². The molecule has 1 aliphatic rings. The van der Waals surface area contributed by atoms with Gasteiger partial charge in [0.2, 0.25) is 11.8 Å². The minimum absolute atomic E-state index is 0.0353. The Labute approximate surface area is 228 Å². The van der Waals surface area contributed by atoms with Crippen molar-refractivity contribution in [3.8, 4) is 0 Å². The Balaban J connectivity index is 2.70. The first kappa shape index (κ1) is 33.8. The van der Waals surface area contributed by atoms with Crippen LogP contribution in [0.2, 0.25) is 0 Å². The SMILES string of the molecule is CCCCOC1CC(OCC(=O)N(CCCC)CCCC)CC(OCC(=O)N(CCCC)CCCC)C1. The van der Waals surface area contributed by atoms with Gasteiger partial charge in [0.15, 0.2) is 0 Å². The second kappa shape index (κ2) is 21.7. The monoisotopic (exact) mass is 526 g/mol. The zero-order valence-electron chi connectivity index (χ0n) is 24.8. The molecule has 0 aliphatic heterocycles. The topological polar surface area (TPSA) is 68.3 Å². The Kier molecular flexibility index (Phi) is 19.9. The summed E-state index contributed by atoms with van der Waals surface area (Å²) in [5, 5.41) is 0. The number of carbonyl (C=O) groups excluding carboxylic acids is 2. The maximum Gasteiger partial charge on any atom is 0.248 e. The Bertz CT molecular complexity index is 528. The van der Waals surface area contributed by atoms with E-state index in [1.165, 1.54) is 0 Å². The molecule has 0 saturated heterocycles. The number of ether oxygens (including phenoxy) is 3. The molecule has 2 amide bonds. The maximum absolute atomic E-state index is 12.9. The van der Waals surface area contributed by atoms with Gasteiger partial charge in [-0.25, -0.2) is 0 Å². The summed E-state index contributed by atoms with van der Waals surface area (Å²) in [6, 6.07) is 0. The molecule has 218 valence electrons. The van der Waals surface area contributed by atoms with Crippen LogP contribution in [0, 0.1) is 0 Å². The van der Waals surface area contributed by atoms with Gasteiger partial charge in [-0.2, -0.15) is 0 Å². The lowest BCUT2D eigenvalue weighted by Crippen LogP contribution is -2.42. The largest absolute Gasteiger partial charge is 0.378 e. The third kappa shape index (κ3) is 15.1. The first-order chi connectivity index (χ1) is 18.0. The van der Waals surface area contributed by atoms with Crippen LogP contribution < -0.4 is 0 Å². The Morgan fingerprint density at radius 3 is 1.19 bits per heavy atom. The van der Waals surface area contributed by atoms with Gasteiger partial charge in [0.25, 0.3) is 0 Å². The summed E-state index contributed by atoms with van der Waals surface area (Å²) in [6.45, 7) is 14.9. The molecule has 0 bridgehead atoms. The van der Waals surface area contributed by atoms with E-state index in [2.05, 4.69) is 34.6 Å². The third-order valence-electron chi connectivity index (χ3n) is 7.15. The predicted octanol–water partition coefficient (Wildman–Crippen LogP) is 5.98. The number of carbonyl (C=O) groups is 2. The van der Waals surface area contributed by atoms with Crippen molar-refractivity contribution in [2.24, 2.45) is 0 Å². The minimum atomic E-state index is -0.0973. The number of hydrogen-bond acceptors (Lipinski definition) is 5. The van der Waals surface area contributed by atoms with E-state index in [-0.39, 0.29) is 43.3 Å². The summed E-state index contributed by atoms with van der Waals surface area (Å²) >= 11 is 0. The fraction of sp³-hybridized carbons (Fsp3) is 0.933. The number of rotatable bonds is 22. The number of hydrogen-bond donors (Lipinski definition) is 0. The first-order valence-corrected chi connectivity index (χ1v) is 15.4. The van der Waals surface area contributed by atoms with Crippen LogP contribution in [0.25, 0.3) is 0 Å². The average Bonchev–Trinajstić information content (AvgIpc) is 2.90. The highest BCUT2D eigenvalue weighted by atomic mass is 16.5. The molecule has 7 heteroatoms. The van der Waals surface area contributed by atoms with Crippen LogP contribution in [0.5, 0.6) is 0 Å². The van der Waals surface area contributed by atoms with Crippen molar-refractivity contribution in [1.29, 1.82) is 0 Å². The Morgan fingerprint density at radius 2 is 0.865 bits per heavy atom. The minimum Gasteiger partial charge on any atom is -0.378 e. The summed E-state index contributed by atoms with van der Waals surface area (Å²) in [6.07, 6.45) is 12.6. The molecular weight excluding hydrogens is 468 g/mol. The molecule has 0 heterocycles. The fourth-order valence-electron chi connectivity index (χ4n) is 4.65. The van der Waals surface area contributed by atoms with Gasteiger partial charge >= 0.3 is 0 Å². The molecule has 0 aromatic carbocycles. The van der Waals surface area contributed by atoms with Crippen LogP contribution in [-0.4, -0.2) is 85.9 Å². The van der Waals surface area contributed by atoms with E-state index < -0.39 is 0 Å². The number of amides is 2. The lowest BCUT2D eigenvalue weighted by Gasteiger charge is -2.35. The summed E-state index contributed by atoms with van der Waals surface area (Å²) in [7, 11) is 0. The molecule has 1 rings (SSSR count). The standard InChI is InChI=1S/C30H58N2O5/c1-6-11-16-31(17-12-7-2)29(33)24-36-27-21-26(35-20-15-10-5)22-28(23-27)37-25-30(34)32(18-13-8-3)19-14-9-4/h26-28H,6-25H2,1-5H3. The molecule has 1 saturated carbocycles. The molecule has 37 heavy (non-hydrogen) atoms. The average molecular weight is 527 g/mol. The van der Waals surface area contributed by atoms with E-state index >= 15 is 0 Å². The van der Waals surface area contributed by atoms with Crippen molar-refractivity contribution in [3.05, 3.63) is 0 Å². The molecule has 0 radical (unpaired) electrons. The highest BCUT2D eigenvalue weighted by Crippen LogP contribution is 2.27. The maximum atomic E-state index is 12.9. The van der Waals surface area contributed by atoms with Crippen molar-refractivity contribution < 1.29 is 23.8 Å². The molecule has 0 spiro atoms. The van der Waals surface area contributed by atoms with Gasteiger partial charge in [0.05, 0.1) is 18.3 Å². The van der Waals surface area contributed by atoms with E-state index in [0.29, 0.717) is 6.42 Å². The van der Waals surface area contributed by atoms with Gasteiger partial charge in [-0.3, -0.25) is 9.59 Å². The molecule has 0 aromatic heterocycles. The fourth-order valence-corrected chi connectivity index (χ4v) is 4.65. The lowest BCUT2D eigenvalue weighted by molar-refractivity contribution is -0.149. The molecule has 7 nitrogen and oxygen atoms in total. The Hall–Kier alpha value is -1.18. The van der Waals surface area contributed by atoms with Gasteiger partial charge in [0.1, 0.15) is 13.2 Å². The molecule has 0 aromatic rings. The van der Waals surface area contributed by atoms with Crippen molar-refractivity contribution in [2.75, 3.05) is 46.0 Å². The second-order valence-corrected chi connectivity index (χ2v) is 10.6. The van der Waals surface area contributed by atoms with Gasteiger partial charge < -0.3 is 24.0 Å². The summed E-state index contributed by atoms with van der Waals surface area (Å²) in [4.78, 5) is 29.8. The predicted molar refractivity (Wildman–Crippen MR) is 151 cm³/mol. The number of unbranched alkanes of at least 4 members (excludes halogenated alkanes) is 5. The van der Waals surface area contributed by atoms with Crippen LogP contribution in [0.4, 0.5) is 0 Å². The van der Waals surface area contributed by atoms with Gasteiger partial charge in [-0.05, 0) is 51.4 Å². The molecule has 2 unspecified atom stereocenters. The van der Waals surface area contributed by atoms with E-state index in [0.717, 1.165) is 110 Å². The molecular formula is C30H58N2O5. The molecule has 0 N–H and O–H groups in total. The zero-order chi connectivity index (χ0) is 27.3. The van der Waals surface area contributed by atoms with Gasteiger partial charge in [-0.1, -0.05) is 66.7 Å². The normalized spacial score (nSPS) is 19.6. The molecule has 1 aliphatic carbocycles. The van der Waals surface area contributed by atoms with E-state index in [1.54, 1.807) is 0 Å². The van der Waals surface area contributed by atoms with Crippen molar-refractivity contribution in [3.63, 3.8) is 0 Å². The third-order valence-corrected chi connectivity index (χ3v) is 7.15. The van der Waals surface area contributed by atoms with Gasteiger partial charge in [0, 0.05) is 32.8 Å². The second-order valence-electron chi connectivity index (χ2n) is 10.6. The van der Waals surface area contributed by atoms with E-state index in [9.17, 15) is 9.59 Å². The van der Waals surface area contributed by atoms with Crippen LogP contribution in [0.3, 0.4) is 0 Å². The van der Waals surface area contributed by atoms with Gasteiger partial charge in [-0.15, -0.1) is 0 Å². The quantitative estimate of drug-likeness (QED) is 0.162. The highest BCUT2D eigenvalue weighted by Gasteiger charge is 2.32.